The van der Waals surface area contributed by atoms with Gasteiger partial charge in [0.15, 0.2) is 11.0 Å². The molecule has 5 aromatic rings. The van der Waals surface area contributed by atoms with Crippen LogP contribution in [-0.2, 0) is 11.3 Å². The van der Waals surface area contributed by atoms with E-state index in [-0.39, 0.29) is 30.2 Å². The molecule has 2 aromatic heterocycles. The Hall–Kier alpha value is -4.81. The van der Waals surface area contributed by atoms with E-state index in [9.17, 15) is 14.0 Å². The van der Waals surface area contributed by atoms with E-state index >= 15 is 0 Å². The molecule has 3 aromatic carbocycles. The van der Waals surface area contributed by atoms with Gasteiger partial charge in [-0.05, 0) is 60.3 Å². The van der Waals surface area contributed by atoms with Crippen LogP contribution in [0.1, 0.15) is 44.6 Å². The summed E-state index contributed by atoms with van der Waals surface area (Å²) in [6.07, 6.45) is 0.613. The number of ether oxygens (including phenoxy) is 1. The third kappa shape index (κ3) is 6.66. The van der Waals surface area contributed by atoms with Gasteiger partial charge in [-0.25, -0.2) is 9.40 Å². The monoisotopic (exact) mass is 640 g/mol. The molecule has 12 heteroatoms. The van der Waals surface area contributed by atoms with Gasteiger partial charge in [0.25, 0.3) is 11.8 Å². The number of rotatable bonds is 10. The van der Waals surface area contributed by atoms with Crippen LogP contribution in [0.4, 0.5) is 4.39 Å². The summed E-state index contributed by atoms with van der Waals surface area (Å²) in [4.78, 5) is 27.7. The average Bonchev–Trinajstić information content (AvgIpc) is 3.84. The highest BCUT2D eigenvalue weighted by Gasteiger charge is 2.33. The molecular weight excluding hydrogens is 612 g/mol. The molecule has 45 heavy (non-hydrogen) atoms. The van der Waals surface area contributed by atoms with Crippen LogP contribution >= 0.6 is 23.1 Å². The van der Waals surface area contributed by atoms with E-state index in [0.29, 0.717) is 34.4 Å². The molecule has 0 spiro atoms. The molecule has 1 aliphatic heterocycles. The highest BCUT2D eigenvalue weighted by Crippen LogP contribution is 2.35. The minimum Gasteiger partial charge on any atom is -0.496 e. The van der Waals surface area contributed by atoms with Gasteiger partial charge >= 0.3 is 0 Å². The van der Waals surface area contributed by atoms with Gasteiger partial charge in [0.05, 0.1) is 41.6 Å². The number of carbonyl (C=O) groups excluding carboxylic acids is 2. The molecule has 6 rings (SSSR count). The Labute approximate surface area is 267 Å². The minimum absolute atomic E-state index is 0.0336. The zero-order valence-corrected chi connectivity index (χ0v) is 26.1. The van der Waals surface area contributed by atoms with E-state index in [2.05, 4.69) is 15.5 Å². The molecule has 0 radical (unpaired) electrons. The first-order valence-corrected chi connectivity index (χ1v) is 16.0. The molecule has 0 fully saturated rings. The molecule has 1 atom stereocenters. The number of hydrogen-bond donors (Lipinski definition) is 1. The van der Waals surface area contributed by atoms with E-state index in [0.717, 1.165) is 21.7 Å². The topological polar surface area (TPSA) is 102 Å². The fourth-order valence-electron chi connectivity index (χ4n) is 5.02. The summed E-state index contributed by atoms with van der Waals surface area (Å²) in [5.41, 5.74) is 3.99. The second kappa shape index (κ2) is 13.4. The van der Waals surface area contributed by atoms with Gasteiger partial charge in [-0.3, -0.25) is 14.2 Å². The van der Waals surface area contributed by atoms with Gasteiger partial charge in [0, 0.05) is 12.1 Å². The Morgan fingerprint density at radius 2 is 1.80 bits per heavy atom. The number of benzene rings is 3. The van der Waals surface area contributed by atoms with Crippen molar-refractivity contribution in [2.45, 2.75) is 31.1 Å². The lowest BCUT2D eigenvalue weighted by Crippen LogP contribution is -2.28. The normalized spacial score (nSPS) is 14.3. The van der Waals surface area contributed by atoms with Crippen LogP contribution in [0.15, 0.2) is 101 Å². The first-order chi connectivity index (χ1) is 21.9. The maximum Gasteiger partial charge on any atom is 0.255 e. The van der Waals surface area contributed by atoms with Crippen molar-refractivity contribution < 1.29 is 18.7 Å². The Balaban J connectivity index is 1.24. The molecular formula is C33H29FN6O3S2. The van der Waals surface area contributed by atoms with Crippen LogP contribution in [0.5, 0.6) is 5.75 Å². The minimum atomic E-state index is -0.391. The molecule has 0 aliphatic carbocycles. The van der Waals surface area contributed by atoms with E-state index < -0.39 is 5.82 Å². The summed E-state index contributed by atoms with van der Waals surface area (Å²) in [6.45, 7) is 2.06. The lowest BCUT2D eigenvalue weighted by Gasteiger charge is -2.22. The molecule has 1 N–H and O–H groups in total. The van der Waals surface area contributed by atoms with Crippen LogP contribution in [0.2, 0.25) is 0 Å². The number of hydrogen-bond acceptors (Lipinski definition) is 8. The summed E-state index contributed by atoms with van der Waals surface area (Å²) < 4.78 is 20.8. The third-order valence-electron chi connectivity index (χ3n) is 7.30. The number of thiophene rings is 1. The Kier molecular flexibility index (Phi) is 9.03. The quantitative estimate of drug-likeness (QED) is 0.183. The van der Waals surface area contributed by atoms with E-state index in [1.165, 1.54) is 31.0 Å². The summed E-state index contributed by atoms with van der Waals surface area (Å²) in [5, 5.41) is 20.3. The van der Waals surface area contributed by atoms with Gasteiger partial charge < -0.3 is 10.1 Å². The van der Waals surface area contributed by atoms with Crippen molar-refractivity contribution in [2.24, 2.45) is 5.10 Å². The van der Waals surface area contributed by atoms with Gasteiger partial charge in [-0.2, -0.15) is 5.10 Å². The lowest BCUT2D eigenvalue weighted by molar-refractivity contribution is -0.130. The molecule has 9 nitrogen and oxygen atoms in total. The molecule has 3 heterocycles. The van der Waals surface area contributed by atoms with E-state index in [4.69, 9.17) is 9.84 Å². The van der Waals surface area contributed by atoms with Crippen molar-refractivity contribution in [3.8, 4) is 11.4 Å². The predicted octanol–water partition coefficient (Wildman–Crippen LogP) is 6.18. The number of para-hydroxylation sites is 1. The summed E-state index contributed by atoms with van der Waals surface area (Å²) >= 11 is 2.80. The molecule has 0 unspecified atom stereocenters. The number of nitrogens with one attached hydrogen (secondary N) is 1. The molecule has 228 valence electrons. The average molecular weight is 641 g/mol. The van der Waals surface area contributed by atoms with Gasteiger partial charge in [-0.15, -0.1) is 21.5 Å². The number of halogens is 1. The highest BCUT2D eigenvalue weighted by molar-refractivity contribution is 7.99. The second-order valence-corrected chi connectivity index (χ2v) is 12.2. The molecule has 2 amide bonds. The van der Waals surface area contributed by atoms with Crippen LogP contribution in [0, 0.1) is 12.7 Å². The van der Waals surface area contributed by atoms with Crippen molar-refractivity contribution in [1.29, 1.82) is 0 Å². The van der Waals surface area contributed by atoms with Gasteiger partial charge in [0.2, 0.25) is 0 Å². The fourth-order valence-corrected chi connectivity index (χ4v) is 6.56. The van der Waals surface area contributed by atoms with Crippen molar-refractivity contribution in [1.82, 2.24) is 25.1 Å². The van der Waals surface area contributed by atoms with E-state index in [1.807, 2.05) is 48.7 Å². The van der Waals surface area contributed by atoms with Crippen molar-refractivity contribution in [3.05, 3.63) is 124 Å². The number of hydrazone groups is 1. The number of thioether (sulfide) groups is 1. The number of aryl methyl sites for hydroxylation is 1. The summed E-state index contributed by atoms with van der Waals surface area (Å²) in [7, 11) is 1.50. The number of nitrogens with zero attached hydrogens (tertiary/aromatic N) is 5. The molecule has 1 aliphatic rings. The Morgan fingerprint density at radius 1 is 1.02 bits per heavy atom. The smallest absolute Gasteiger partial charge is 0.255 e. The zero-order valence-electron chi connectivity index (χ0n) is 24.5. The van der Waals surface area contributed by atoms with Crippen LogP contribution in [0.25, 0.3) is 5.69 Å². The van der Waals surface area contributed by atoms with Gasteiger partial charge in [-0.1, -0.05) is 59.8 Å². The molecule has 0 saturated heterocycles. The highest BCUT2D eigenvalue weighted by atomic mass is 32.2. The standard InChI is InChI=1S/C33H29FN6O3S2/c1-21-9-11-22(12-10-21)27-18-26(29-8-5-17-44-29)38-40(27)31(41)20-45-33-37-36-30(39(33)24-15-13-23(34)14-16-24)19-35-32(42)25-6-3-4-7-28(25)43-2/h3-17,27H,18-20H2,1-2H3,(H,35,42)/t27-/m0/s1. The Bertz CT molecular complexity index is 1840. The number of amides is 2. The van der Waals surface area contributed by atoms with Crippen molar-refractivity contribution in [3.63, 3.8) is 0 Å². The summed E-state index contributed by atoms with van der Waals surface area (Å²) in [5.74, 6) is -0.0241. The van der Waals surface area contributed by atoms with Crippen molar-refractivity contribution >= 4 is 40.6 Å². The van der Waals surface area contributed by atoms with E-state index in [1.54, 1.807) is 57.3 Å². The van der Waals surface area contributed by atoms with Crippen LogP contribution in [-0.4, -0.2) is 50.2 Å². The first-order valence-electron chi connectivity index (χ1n) is 14.2. The molecule has 0 bridgehead atoms. The van der Waals surface area contributed by atoms with Crippen molar-refractivity contribution in [2.75, 3.05) is 12.9 Å². The maximum atomic E-state index is 13.8. The third-order valence-corrected chi connectivity index (χ3v) is 9.13. The predicted molar refractivity (Wildman–Crippen MR) is 172 cm³/mol. The zero-order chi connectivity index (χ0) is 31.3. The van der Waals surface area contributed by atoms with Crippen LogP contribution in [0.3, 0.4) is 0 Å². The largest absolute Gasteiger partial charge is 0.496 e. The first kappa shape index (κ1) is 30.2. The fraction of sp³-hybridized carbons (Fsp3) is 0.182. The van der Waals surface area contributed by atoms with Crippen LogP contribution < -0.4 is 10.1 Å². The number of methoxy groups -OCH3 is 1. The Morgan fingerprint density at radius 3 is 2.53 bits per heavy atom. The SMILES string of the molecule is COc1ccccc1C(=O)NCc1nnc(SCC(=O)N2N=C(c3cccs3)C[C@H]2c2ccc(C)cc2)n1-c1ccc(F)cc1. The number of aromatic nitrogens is 3. The maximum absolute atomic E-state index is 13.8. The molecule has 0 saturated carbocycles. The summed E-state index contributed by atoms with van der Waals surface area (Å²) in [6, 6.07) is 24.7. The second-order valence-electron chi connectivity index (χ2n) is 10.3. The number of carbonyl (C=O) groups is 2. The lowest BCUT2D eigenvalue weighted by atomic mass is 10.00. The van der Waals surface area contributed by atoms with Gasteiger partial charge in [0.1, 0.15) is 11.6 Å².